The van der Waals surface area contributed by atoms with Crippen LogP contribution in [0.3, 0.4) is 0 Å². The zero-order chi connectivity index (χ0) is 26.9. The third kappa shape index (κ3) is 6.64. The lowest BCUT2D eigenvalue weighted by molar-refractivity contribution is 0.195. The predicted molar refractivity (Wildman–Crippen MR) is 148 cm³/mol. The molecule has 4 aromatic rings. The van der Waals surface area contributed by atoms with Crippen LogP contribution in [0.5, 0.6) is 17.2 Å². The maximum Gasteiger partial charge on any atom is 0.317 e. The second kappa shape index (κ2) is 12.7. The third-order valence-electron chi connectivity index (χ3n) is 6.26. The van der Waals surface area contributed by atoms with Crippen LogP contribution in [0.1, 0.15) is 23.6 Å². The number of carbonyl (C=O) groups excluding carboxylic acids is 1. The van der Waals surface area contributed by atoms with E-state index in [0.717, 1.165) is 22.3 Å². The Morgan fingerprint density at radius 1 is 0.921 bits per heavy atom. The van der Waals surface area contributed by atoms with Crippen LogP contribution in [-0.2, 0) is 19.5 Å². The van der Waals surface area contributed by atoms with Gasteiger partial charge in [0, 0.05) is 29.6 Å². The number of rotatable bonds is 11. The minimum absolute atomic E-state index is 0.151. The third-order valence-corrected chi connectivity index (χ3v) is 6.26. The van der Waals surface area contributed by atoms with E-state index >= 15 is 0 Å². The Kier molecular flexibility index (Phi) is 8.87. The number of nitrogens with one attached hydrogen (secondary N) is 2. The molecule has 8 nitrogen and oxygen atoms in total. The van der Waals surface area contributed by atoms with Gasteiger partial charge >= 0.3 is 6.03 Å². The Morgan fingerprint density at radius 2 is 1.71 bits per heavy atom. The molecule has 0 saturated heterocycles. The molecule has 0 aliphatic rings. The van der Waals surface area contributed by atoms with Gasteiger partial charge in [-0.15, -0.1) is 0 Å². The summed E-state index contributed by atoms with van der Waals surface area (Å²) in [6.07, 6.45) is 0.569. The van der Waals surface area contributed by atoms with E-state index < -0.39 is 0 Å². The molecule has 1 heterocycles. The maximum absolute atomic E-state index is 13.3. The van der Waals surface area contributed by atoms with E-state index in [4.69, 9.17) is 14.2 Å². The first kappa shape index (κ1) is 26.6. The monoisotopic (exact) mass is 515 g/mol. The fraction of sp³-hybridized carbons (Fsp3) is 0.267. The number of H-pyrrole nitrogens is 1. The first-order valence-electron chi connectivity index (χ1n) is 12.6. The van der Waals surface area contributed by atoms with E-state index in [-0.39, 0.29) is 18.1 Å². The van der Waals surface area contributed by atoms with Gasteiger partial charge in [0.05, 0.1) is 27.4 Å². The van der Waals surface area contributed by atoms with Crippen LogP contribution in [-0.4, -0.2) is 43.3 Å². The zero-order valence-corrected chi connectivity index (χ0v) is 22.0. The average Bonchev–Trinajstić information content (AvgIpc) is 2.94. The van der Waals surface area contributed by atoms with Crippen molar-refractivity contribution in [2.24, 2.45) is 0 Å². The van der Waals surface area contributed by atoms with Crippen molar-refractivity contribution >= 4 is 16.9 Å². The quantitative estimate of drug-likeness (QED) is 0.296. The van der Waals surface area contributed by atoms with Gasteiger partial charge in [0.15, 0.2) is 11.5 Å². The summed E-state index contributed by atoms with van der Waals surface area (Å²) < 4.78 is 16.4. The molecular formula is C30H33N3O5. The molecule has 0 radical (unpaired) electrons. The van der Waals surface area contributed by atoms with Crippen LogP contribution in [0.2, 0.25) is 0 Å². The van der Waals surface area contributed by atoms with E-state index in [2.05, 4.69) is 10.3 Å². The molecule has 3 aromatic carbocycles. The Bertz CT molecular complexity index is 1440. The van der Waals surface area contributed by atoms with Crippen LogP contribution in [0, 0.1) is 0 Å². The average molecular weight is 516 g/mol. The summed E-state index contributed by atoms with van der Waals surface area (Å²) in [5.41, 5.74) is 2.96. The molecule has 0 atom stereocenters. The van der Waals surface area contributed by atoms with Crippen molar-refractivity contribution in [3.05, 3.63) is 99.8 Å². The lowest BCUT2D eigenvalue weighted by atomic mass is 10.1. The Balaban J connectivity index is 1.57. The van der Waals surface area contributed by atoms with Crippen LogP contribution in [0.15, 0.2) is 77.6 Å². The van der Waals surface area contributed by atoms with Gasteiger partial charge in [-0.05, 0) is 60.9 Å². The van der Waals surface area contributed by atoms with E-state index in [1.807, 2.05) is 79.7 Å². The van der Waals surface area contributed by atoms with E-state index in [9.17, 15) is 9.59 Å². The highest BCUT2D eigenvalue weighted by Crippen LogP contribution is 2.28. The van der Waals surface area contributed by atoms with Crippen LogP contribution < -0.4 is 25.1 Å². The minimum Gasteiger partial charge on any atom is -0.494 e. The smallest absolute Gasteiger partial charge is 0.317 e. The van der Waals surface area contributed by atoms with E-state index in [1.54, 1.807) is 19.1 Å². The summed E-state index contributed by atoms with van der Waals surface area (Å²) in [6, 6.07) is 22.5. The molecule has 0 aliphatic carbocycles. The predicted octanol–water partition coefficient (Wildman–Crippen LogP) is 4.90. The topological polar surface area (TPSA) is 92.9 Å². The van der Waals surface area contributed by atoms with Gasteiger partial charge in [0.25, 0.3) is 5.56 Å². The molecular weight excluding hydrogens is 482 g/mol. The number of carbonyl (C=O) groups is 1. The van der Waals surface area contributed by atoms with Crippen LogP contribution in [0.4, 0.5) is 4.79 Å². The maximum atomic E-state index is 13.3. The number of pyridine rings is 1. The molecule has 0 fully saturated rings. The Morgan fingerprint density at radius 3 is 2.45 bits per heavy atom. The van der Waals surface area contributed by atoms with Crippen LogP contribution in [0.25, 0.3) is 10.9 Å². The van der Waals surface area contributed by atoms with Gasteiger partial charge in [-0.3, -0.25) is 4.79 Å². The summed E-state index contributed by atoms with van der Waals surface area (Å²) >= 11 is 0. The summed E-state index contributed by atoms with van der Waals surface area (Å²) in [7, 11) is 3.18. The number of hydrogen-bond donors (Lipinski definition) is 2. The second-order valence-electron chi connectivity index (χ2n) is 8.81. The number of benzene rings is 3. The van der Waals surface area contributed by atoms with Crippen molar-refractivity contribution in [1.29, 1.82) is 0 Å². The molecule has 198 valence electrons. The number of nitrogens with zero attached hydrogens (tertiary/aromatic N) is 1. The van der Waals surface area contributed by atoms with Crippen molar-refractivity contribution in [1.82, 2.24) is 15.2 Å². The number of hydrogen-bond acceptors (Lipinski definition) is 5. The summed E-state index contributed by atoms with van der Waals surface area (Å²) in [4.78, 5) is 30.8. The van der Waals surface area contributed by atoms with Gasteiger partial charge in [0.2, 0.25) is 0 Å². The number of amides is 2. The molecule has 0 saturated carbocycles. The second-order valence-corrected chi connectivity index (χ2v) is 8.81. The molecule has 1 aromatic heterocycles. The highest BCUT2D eigenvalue weighted by Gasteiger charge is 2.17. The molecule has 2 amide bonds. The Hall–Kier alpha value is -4.46. The molecule has 0 unspecified atom stereocenters. The molecule has 0 aliphatic heterocycles. The minimum atomic E-state index is -0.253. The first-order chi connectivity index (χ1) is 18.5. The Labute approximate surface area is 222 Å². The lowest BCUT2D eigenvalue weighted by Gasteiger charge is -2.23. The number of ether oxygens (including phenoxy) is 3. The van der Waals surface area contributed by atoms with Crippen molar-refractivity contribution < 1.29 is 19.0 Å². The van der Waals surface area contributed by atoms with Crippen LogP contribution >= 0.6 is 0 Å². The molecule has 0 bridgehead atoms. The number of fused-ring (bicyclic) bond motifs is 1. The molecule has 2 N–H and O–H groups in total. The molecule has 4 rings (SSSR count). The first-order valence-corrected chi connectivity index (χ1v) is 12.6. The number of urea groups is 1. The van der Waals surface area contributed by atoms with Crippen molar-refractivity contribution in [2.45, 2.75) is 26.4 Å². The van der Waals surface area contributed by atoms with Gasteiger partial charge in [0.1, 0.15) is 5.75 Å². The SMILES string of the molecule is CCOc1ccc2[nH]c(=O)c(CN(CCc3ccc(OC)c(OC)c3)C(=O)NCc3ccccc3)cc2c1. The van der Waals surface area contributed by atoms with Gasteiger partial charge in [-0.1, -0.05) is 36.4 Å². The molecule has 0 spiro atoms. The normalized spacial score (nSPS) is 10.7. The fourth-order valence-electron chi connectivity index (χ4n) is 4.25. The number of aromatic amines is 1. The van der Waals surface area contributed by atoms with E-state index in [0.29, 0.717) is 48.7 Å². The summed E-state index contributed by atoms with van der Waals surface area (Å²) in [5.74, 6) is 1.99. The lowest BCUT2D eigenvalue weighted by Crippen LogP contribution is -2.41. The standard InChI is InChI=1S/C30H33N3O5/c1-4-38-25-11-12-26-23(18-25)17-24(29(34)32-26)20-33(30(35)31-19-22-8-6-5-7-9-22)15-14-21-10-13-27(36-2)28(16-21)37-3/h5-13,16-18H,4,14-15,19-20H2,1-3H3,(H,31,35)(H,32,34). The van der Waals surface area contributed by atoms with Gasteiger partial charge < -0.3 is 29.4 Å². The summed E-state index contributed by atoms with van der Waals surface area (Å²) in [5, 5.41) is 3.83. The van der Waals surface area contributed by atoms with Gasteiger partial charge in [-0.2, -0.15) is 0 Å². The van der Waals surface area contributed by atoms with Gasteiger partial charge in [-0.25, -0.2) is 4.79 Å². The highest BCUT2D eigenvalue weighted by molar-refractivity contribution is 5.81. The van der Waals surface area contributed by atoms with E-state index in [1.165, 1.54) is 0 Å². The molecule has 8 heteroatoms. The van der Waals surface area contributed by atoms with Crippen molar-refractivity contribution in [3.63, 3.8) is 0 Å². The highest BCUT2D eigenvalue weighted by atomic mass is 16.5. The number of methoxy groups -OCH3 is 2. The summed E-state index contributed by atoms with van der Waals surface area (Å²) in [6.45, 7) is 3.41. The van der Waals surface area contributed by atoms with Crippen molar-refractivity contribution in [3.8, 4) is 17.2 Å². The zero-order valence-electron chi connectivity index (χ0n) is 22.0. The fourth-order valence-corrected chi connectivity index (χ4v) is 4.25. The largest absolute Gasteiger partial charge is 0.494 e. The number of aromatic nitrogens is 1. The molecule has 38 heavy (non-hydrogen) atoms. The van der Waals surface area contributed by atoms with Crippen molar-refractivity contribution in [2.75, 3.05) is 27.4 Å².